The van der Waals surface area contributed by atoms with Crippen LogP contribution in [0.5, 0.6) is 0 Å². The van der Waals surface area contributed by atoms with Crippen LogP contribution in [0.3, 0.4) is 0 Å². The van der Waals surface area contributed by atoms with Crippen LogP contribution in [0.25, 0.3) is 0 Å². The van der Waals surface area contributed by atoms with E-state index in [1.54, 1.807) is 0 Å². The van der Waals surface area contributed by atoms with Crippen molar-refractivity contribution in [2.24, 2.45) is 0 Å². The molecule has 0 radical (unpaired) electrons. The summed E-state index contributed by atoms with van der Waals surface area (Å²) >= 11 is 2.86. The second kappa shape index (κ2) is 3.92. The molecule has 1 aromatic rings. The topological polar surface area (TPSA) is 73.6 Å². The van der Waals surface area contributed by atoms with Crippen LogP contribution in [0, 0.1) is 0 Å². The Morgan fingerprint density at radius 2 is 2.21 bits per heavy atom. The lowest BCUT2D eigenvalue weighted by Gasteiger charge is -1.92. The molecule has 1 aromatic heterocycles. The Morgan fingerprint density at radius 1 is 1.64 bits per heavy atom. The molecule has 8 heteroatoms. The molecular weight excluding hydrogens is 299 g/mol. The molecule has 0 atom stereocenters. The van der Waals surface area contributed by atoms with E-state index in [2.05, 4.69) is 20.7 Å². The van der Waals surface area contributed by atoms with E-state index in [9.17, 15) is 13.2 Å². The number of esters is 1. The van der Waals surface area contributed by atoms with Gasteiger partial charge >= 0.3 is 5.97 Å². The molecule has 0 aliphatic carbocycles. The van der Waals surface area contributed by atoms with Crippen LogP contribution in [0.2, 0.25) is 0 Å². The Balaban J connectivity index is 3.25. The fourth-order valence-corrected chi connectivity index (χ4v) is 1.94. The number of furan rings is 1. The van der Waals surface area contributed by atoms with E-state index >= 15 is 0 Å². The maximum atomic E-state index is 11.0. The van der Waals surface area contributed by atoms with Crippen LogP contribution < -0.4 is 0 Å². The van der Waals surface area contributed by atoms with Gasteiger partial charge < -0.3 is 9.15 Å². The summed E-state index contributed by atoms with van der Waals surface area (Å²) in [6, 6.07) is 0.984. The van der Waals surface area contributed by atoms with Crippen LogP contribution >= 0.6 is 26.6 Å². The second-order valence-electron chi connectivity index (χ2n) is 2.18. The maximum absolute atomic E-state index is 11.0. The minimum atomic E-state index is -3.98. The van der Waals surface area contributed by atoms with Gasteiger partial charge in [-0.3, -0.25) is 0 Å². The molecule has 0 unspecified atom stereocenters. The third kappa shape index (κ3) is 2.28. The van der Waals surface area contributed by atoms with Gasteiger partial charge in [-0.1, -0.05) is 0 Å². The largest absolute Gasteiger partial charge is 0.465 e. The first kappa shape index (κ1) is 11.5. The first-order chi connectivity index (χ1) is 6.36. The van der Waals surface area contributed by atoms with E-state index in [-0.39, 0.29) is 10.2 Å². The zero-order chi connectivity index (χ0) is 10.9. The van der Waals surface area contributed by atoms with Crippen molar-refractivity contribution >= 4 is 41.6 Å². The normalized spacial score (nSPS) is 11.4. The summed E-state index contributed by atoms with van der Waals surface area (Å²) in [5, 5.41) is -0.508. The smallest absolute Gasteiger partial charge is 0.342 e. The molecular formula is C6H4BrClO5S. The molecule has 0 N–H and O–H groups in total. The minimum absolute atomic E-state index is 0.0354. The highest BCUT2D eigenvalue weighted by atomic mass is 79.9. The zero-order valence-electron chi connectivity index (χ0n) is 6.78. The van der Waals surface area contributed by atoms with Crippen molar-refractivity contribution in [1.82, 2.24) is 0 Å². The van der Waals surface area contributed by atoms with E-state index < -0.39 is 20.1 Å². The summed E-state index contributed by atoms with van der Waals surface area (Å²) in [4.78, 5) is 11.0. The molecule has 0 spiro atoms. The quantitative estimate of drug-likeness (QED) is 0.615. The van der Waals surface area contributed by atoms with E-state index in [0.29, 0.717) is 0 Å². The number of carbonyl (C=O) groups is 1. The molecule has 0 amide bonds. The van der Waals surface area contributed by atoms with Crippen molar-refractivity contribution in [2.75, 3.05) is 7.11 Å². The van der Waals surface area contributed by atoms with E-state index in [4.69, 9.17) is 15.1 Å². The fraction of sp³-hybridized carbons (Fsp3) is 0.167. The van der Waals surface area contributed by atoms with Gasteiger partial charge in [-0.15, -0.1) is 0 Å². The Hall–Kier alpha value is -0.530. The highest BCUT2D eigenvalue weighted by Crippen LogP contribution is 2.27. The maximum Gasteiger partial charge on any atom is 0.342 e. The van der Waals surface area contributed by atoms with Crippen molar-refractivity contribution < 1.29 is 22.4 Å². The first-order valence-electron chi connectivity index (χ1n) is 3.18. The van der Waals surface area contributed by atoms with Gasteiger partial charge in [0.1, 0.15) is 5.56 Å². The second-order valence-corrected chi connectivity index (χ2v) is 5.40. The predicted molar refractivity (Wildman–Crippen MR) is 50.8 cm³/mol. The fourth-order valence-electron chi connectivity index (χ4n) is 0.717. The third-order valence-corrected chi connectivity index (χ3v) is 3.04. The molecule has 0 bridgehead atoms. The summed E-state index contributed by atoms with van der Waals surface area (Å²) < 4.78 is 30.7. The zero-order valence-corrected chi connectivity index (χ0v) is 9.94. The molecule has 0 aliphatic rings. The van der Waals surface area contributed by atoms with Gasteiger partial charge in [0, 0.05) is 16.7 Å². The lowest BCUT2D eigenvalue weighted by Crippen LogP contribution is -1.99. The van der Waals surface area contributed by atoms with Gasteiger partial charge in [-0.2, -0.15) is 0 Å². The van der Waals surface area contributed by atoms with Crippen molar-refractivity contribution in [2.45, 2.75) is 5.09 Å². The highest BCUT2D eigenvalue weighted by Gasteiger charge is 2.23. The minimum Gasteiger partial charge on any atom is -0.465 e. The van der Waals surface area contributed by atoms with Gasteiger partial charge in [0.2, 0.25) is 5.09 Å². The number of hydrogen-bond donors (Lipinski definition) is 0. The summed E-state index contributed by atoms with van der Waals surface area (Å²) in [6.07, 6.45) is 0. The molecule has 0 aromatic carbocycles. The Labute approximate surface area is 92.5 Å². The van der Waals surface area contributed by atoms with Crippen LogP contribution in [0.4, 0.5) is 0 Å². The van der Waals surface area contributed by atoms with Crippen molar-refractivity contribution in [3.05, 3.63) is 16.3 Å². The molecule has 0 saturated heterocycles. The predicted octanol–water partition coefficient (Wildman–Crippen LogP) is 1.76. The van der Waals surface area contributed by atoms with Gasteiger partial charge in [0.05, 0.1) is 7.11 Å². The molecule has 1 rings (SSSR count). The van der Waals surface area contributed by atoms with Crippen molar-refractivity contribution in [1.29, 1.82) is 0 Å². The first-order valence-corrected chi connectivity index (χ1v) is 6.29. The molecule has 0 saturated carbocycles. The van der Waals surface area contributed by atoms with Crippen molar-refractivity contribution in [3.63, 3.8) is 0 Å². The number of halogens is 2. The number of ether oxygens (including phenoxy) is 1. The molecule has 0 fully saturated rings. The molecule has 0 aliphatic heterocycles. The standard InChI is InChI=1S/C6H4BrClO5S/c1-12-6(9)3-2-4(13-5(3)7)14(8,10)11/h2H,1H3. The van der Waals surface area contributed by atoms with Crippen LogP contribution in [-0.2, 0) is 13.8 Å². The van der Waals surface area contributed by atoms with Crippen LogP contribution in [-0.4, -0.2) is 21.5 Å². The Morgan fingerprint density at radius 3 is 2.57 bits per heavy atom. The number of carbonyl (C=O) groups excluding carboxylic acids is 1. The summed E-state index contributed by atoms with van der Waals surface area (Å²) in [7, 11) is 2.18. The summed E-state index contributed by atoms with van der Waals surface area (Å²) in [5.74, 6) is -0.716. The lowest BCUT2D eigenvalue weighted by molar-refractivity contribution is 0.0598. The van der Waals surface area contributed by atoms with Gasteiger partial charge in [-0.05, 0) is 15.9 Å². The van der Waals surface area contributed by atoms with Gasteiger partial charge in [0.25, 0.3) is 9.05 Å². The average molecular weight is 304 g/mol. The SMILES string of the molecule is COC(=O)c1cc(S(=O)(=O)Cl)oc1Br. The summed E-state index contributed by atoms with van der Waals surface area (Å²) in [5.41, 5.74) is -0.0354. The number of methoxy groups -OCH3 is 1. The van der Waals surface area contributed by atoms with Gasteiger partial charge in [-0.25, -0.2) is 13.2 Å². The molecule has 1 heterocycles. The van der Waals surface area contributed by atoms with Crippen LogP contribution in [0.15, 0.2) is 20.2 Å². The van der Waals surface area contributed by atoms with E-state index in [1.165, 1.54) is 0 Å². The third-order valence-electron chi connectivity index (χ3n) is 1.31. The Bertz CT molecular complexity index is 463. The van der Waals surface area contributed by atoms with E-state index in [0.717, 1.165) is 13.2 Å². The number of rotatable bonds is 2. The van der Waals surface area contributed by atoms with Crippen LogP contribution in [0.1, 0.15) is 10.4 Å². The molecule has 14 heavy (non-hydrogen) atoms. The lowest BCUT2D eigenvalue weighted by atomic mass is 10.3. The number of hydrogen-bond acceptors (Lipinski definition) is 5. The van der Waals surface area contributed by atoms with Gasteiger partial charge in [0.15, 0.2) is 4.67 Å². The molecule has 78 valence electrons. The highest BCUT2D eigenvalue weighted by molar-refractivity contribution is 9.10. The monoisotopic (exact) mass is 302 g/mol. The van der Waals surface area contributed by atoms with Crippen molar-refractivity contribution in [3.8, 4) is 0 Å². The van der Waals surface area contributed by atoms with E-state index in [1.807, 2.05) is 0 Å². The molecule has 5 nitrogen and oxygen atoms in total. The Kier molecular flexibility index (Phi) is 3.23. The summed E-state index contributed by atoms with van der Waals surface area (Å²) in [6.45, 7) is 0. The average Bonchev–Trinajstić information content (AvgIpc) is 2.45.